The number of hydrogen-bond donors (Lipinski definition) is 1. The molecular formula is C15H25NO6S. The van der Waals surface area contributed by atoms with Crippen LogP contribution in [0.1, 0.15) is 41.0 Å². The molecule has 0 rings (SSSR count). The number of carboxylic acids is 1. The van der Waals surface area contributed by atoms with Gasteiger partial charge in [0.15, 0.2) is 5.12 Å². The van der Waals surface area contributed by atoms with Gasteiger partial charge in [-0.3, -0.25) is 19.2 Å². The molecule has 0 bridgehead atoms. The highest BCUT2D eigenvalue weighted by Gasteiger charge is 2.26. The molecule has 0 aromatic rings. The molecule has 8 heteroatoms. The standard InChI is InChI=1S/C15H25NO6S/c1-10(9-23-11(2)17)14(21)16(7-6-12(18)19)8-13(20)22-15(3,4)5/h10H,6-9H2,1-5H3,(H,18,19). The second kappa shape index (κ2) is 9.54. The molecular weight excluding hydrogens is 322 g/mol. The zero-order valence-electron chi connectivity index (χ0n) is 14.2. The average Bonchev–Trinajstić information content (AvgIpc) is 2.37. The Balaban J connectivity index is 4.83. The molecule has 1 atom stereocenters. The van der Waals surface area contributed by atoms with Crippen LogP contribution in [-0.4, -0.2) is 57.4 Å². The van der Waals surface area contributed by atoms with Gasteiger partial charge in [0, 0.05) is 25.1 Å². The van der Waals surface area contributed by atoms with E-state index in [1.165, 1.54) is 11.8 Å². The number of rotatable bonds is 8. The fourth-order valence-electron chi connectivity index (χ4n) is 1.65. The Labute approximate surface area is 140 Å². The first-order chi connectivity index (χ1) is 10.4. The van der Waals surface area contributed by atoms with Gasteiger partial charge in [0.05, 0.1) is 6.42 Å². The van der Waals surface area contributed by atoms with Gasteiger partial charge in [-0.05, 0) is 20.8 Å². The highest BCUT2D eigenvalue weighted by molar-refractivity contribution is 8.13. The summed E-state index contributed by atoms with van der Waals surface area (Å²) in [5.74, 6) is -2.24. The van der Waals surface area contributed by atoms with E-state index in [9.17, 15) is 19.2 Å². The molecule has 0 aliphatic heterocycles. The maximum absolute atomic E-state index is 12.4. The van der Waals surface area contributed by atoms with Gasteiger partial charge in [-0.25, -0.2) is 0 Å². The van der Waals surface area contributed by atoms with Crippen molar-refractivity contribution in [3.8, 4) is 0 Å². The van der Waals surface area contributed by atoms with E-state index in [-0.39, 0.29) is 36.3 Å². The van der Waals surface area contributed by atoms with Crippen molar-refractivity contribution in [2.24, 2.45) is 5.92 Å². The SMILES string of the molecule is CC(=O)SCC(C)C(=O)N(CCC(=O)O)CC(=O)OC(C)(C)C. The smallest absolute Gasteiger partial charge is 0.326 e. The van der Waals surface area contributed by atoms with E-state index in [0.717, 1.165) is 11.8 Å². The van der Waals surface area contributed by atoms with Crippen molar-refractivity contribution in [3.63, 3.8) is 0 Å². The summed E-state index contributed by atoms with van der Waals surface area (Å²) in [7, 11) is 0. The first kappa shape index (κ1) is 21.4. The molecule has 0 fully saturated rings. The third-order valence-electron chi connectivity index (χ3n) is 2.61. The van der Waals surface area contributed by atoms with Crippen molar-refractivity contribution in [2.45, 2.75) is 46.6 Å². The Kier molecular flexibility index (Phi) is 8.89. The summed E-state index contributed by atoms with van der Waals surface area (Å²) in [6.07, 6.45) is -0.263. The number of carbonyl (C=O) groups is 4. The molecule has 0 saturated heterocycles. The normalized spacial score (nSPS) is 12.4. The number of amides is 1. The minimum Gasteiger partial charge on any atom is -0.481 e. The molecule has 132 valence electrons. The average molecular weight is 347 g/mol. The van der Waals surface area contributed by atoms with Gasteiger partial charge in [-0.1, -0.05) is 18.7 Å². The summed E-state index contributed by atoms with van der Waals surface area (Å²) in [6.45, 7) is 7.79. The van der Waals surface area contributed by atoms with E-state index in [2.05, 4.69) is 0 Å². The molecule has 0 aliphatic rings. The molecule has 23 heavy (non-hydrogen) atoms. The number of carboxylic acid groups (broad SMARTS) is 1. The van der Waals surface area contributed by atoms with Gasteiger partial charge >= 0.3 is 11.9 Å². The van der Waals surface area contributed by atoms with Crippen LogP contribution in [0, 0.1) is 5.92 Å². The van der Waals surface area contributed by atoms with Crippen molar-refractivity contribution >= 4 is 34.7 Å². The highest BCUT2D eigenvalue weighted by atomic mass is 32.2. The molecule has 1 unspecified atom stereocenters. The molecule has 0 aromatic heterocycles. The van der Waals surface area contributed by atoms with Crippen LogP contribution in [0.5, 0.6) is 0 Å². The zero-order valence-corrected chi connectivity index (χ0v) is 15.1. The number of ether oxygens (including phenoxy) is 1. The second-order valence-corrected chi connectivity index (χ2v) is 7.39. The number of esters is 1. The molecule has 0 radical (unpaired) electrons. The summed E-state index contributed by atoms with van der Waals surface area (Å²) in [4.78, 5) is 47.1. The van der Waals surface area contributed by atoms with E-state index in [1.807, 2.05) is 0 Å². The summed E-state index contributed by atoms with van der Waals surface area (Å²) < 4.78 is 5.16. The lowest BCUT2D eigenvalue weighted by molar-refractivity contribution is -0.160. The Bertz CT molecular complexity index is 457. The third-order valence-corrected chi connectivity index (χ3v) is 3.68. The lowest BCUT2D eigenvalue weighted by Crippen LogP contribution is -2.42. The Hall–Kier alpha value is -1.57. The molecule has 0 saturated carbocycles. The van der Waals surface area contributed by atoms with Crippen LogP contribution in [0.2, 0.25) is 0 Å². The van der Waals surface area contributed by atoms with Gasteiger partial charge < -0.3 is 14.7 Å². The molecule has 0 aliphatic carbocycles. The minimum atomic E-state index is -1.06. The monoisotopic (exact) mass is 347 g/mol. The zero-order chi connectivity index (χ0) is 18.2. The van der Waals surface area contributed by atoms with Crippen molar-refractivity contribution in [1.29, 1.82) is 0 Å². The predicted octanol–water partition coefficient (Wildman–Crippen LogP) is 1.55. The number of thioether (sulfide) groups is 1. The lowest BCUT2D eigenvalue weighted by Gasteiger charge is -2.26. The summed E-state index contributed by atoms with van der Waals surface area (Å²) in [5, 5.41) is 8.67. The number of carbonyl (C=O) groups excluding carboxylic acids is 3. The Morgan fingerprint density at radius 3 is 2.22 bits per heavy atom. The number of hydrogen-bond acceptors (Lipinski definition) is 6. The number of nitrogens with zero attached hydrogens (tertiary/aromatic N) is 1. The molecule has 1 N–H and O–H groups in total. The fourth-order valence-corrected chi connectivity index (χ4v) is 2.28. The maximum Gasteiger partial charge on any atom is 0.326 e. The lowest BCUT2D eigenvalue weighted by atomic mass is 10.1. The Morgan fingerprint density at radius 2 is 1.78 bits per heavy atom. The summed E-state index contributed by atoms with van der Waals surface area (Å²) in [6, 6.07) is 0. The van der Waals surface area contributed by atoms with Gasteiger partial charge in [0.1, 0.15) is 12.1 Å². The summed E-state index contributed by atoms with van der Waals surface area (Å²) >= 11 is 1.02. The van der Waals surface area contributed by atoms with Crippen molar-refractivity contribution in [2.75, 3.05) is 18.8 Å². The second-order valence-electron chi connectivity index (χ2n) is 6.19. The molecule has 0 spiro atoms. The van der Waals surface area contributed by atoms with E-state index in [4.69, 9.17) is 9.84 Å². The first-order valence-electron chi connectivity index (χ1n) is 7.28. The predicted molar refractivity (Wildman–Crippen MR) is 87.0 cm³/mol. The minimum absolute atomic E-state index is 0.0809. The maximum atomic E-state index is 12.4. The van der Waals surface area contributed by atoms with Crippen LogP contribution in [0.25, 0.3) is 0 Å². The largest absolute Gasteiger partial charge is 0.481 e. The van der Waals surface area contributed by atoms with Gasteiger partial charge in [0.25, 0.3) is 0 Å². The first-order valence-corrected chi connectivity index (χ1v) is 8.26. The molecule has 0 aromatic carbocycles. The van der Waals surface area contributed by atoms with E-state index >= 15 is 0 Å². The van der Waals surface area contributed by atoms with Crippen LogP contribution < -0.4 is 0 Å². The number of aliphatic carboxylic acids is 1. The van der Waals surface area contributed by atoms with Crippen LogP contribution in [0.3, 0.4) is 0 Å². The van der Waals surface area contributed by atoms with E-state index in [0.29, 0.717) is 0 Å². The van der Waals surface area contributed by atoms with Crippen LogP contribution in [-0.2, 0) is 23.9 Å². The molecule has 7 nitrogen and oxygen atoms in total. The van der Waals surface area contributed by atoms with Crippen molar-refractivity contribution in [3.05, 3.63) is 0 Å². The van der Waals surface area contributed by atoms with Crippen molar-refractivity contribution in [1.82, 2.24) is 4.90 Å². The highest BCUT2D eigenvalue weighted by Crippen LogP contribution is 2.14. The third kappa shape index (κ3) is 10.7. The molecule has 0 heterocycles. The van der Waals surface area contributed by atoms with Gasteiger partial charge in [-0.2, -0.15) is 0 Å². The van der Waals surface area contributed by atoms with Crippen LogP contribution in [0.15, 0.2) is 0 Å². The molecule has 1 amide bonds. The van der Waals surface area contributed by atoms with Crippen LogP contribution >= 0.6 is 11.8 Å². The summed E-state index contributed by atoms with van der Waals surface area (Å²) in [5.41, 5.74) is -0.686. The quantitative estimate of drug-likeness (QED) is 0.665. The van der Waals surface area contributed by atoms with Crippen LogP contribution in [0.4, 0.5) is 0 Å². The fraction of sp³-hybridized carbons (Fsp3) is 0.733. The topological polar surface area (TPSA) is 101 Å². The van der Waals surface area contributed by atoms with E-state index < -0.39 is 23.5 Å². The van der Waals surface area contributed by atoms with Gasteiger partial charge in [-0.15, -0.1) is 0 Å². The van der Waals surface area contributed by atoms with Gasteiger partial charge in [0.2, 0.25) is 5.91 Å². The Morgan fingerprint density at radius 1 is 1.22 bits per heavy atom. The van der Waals surface area contributed by atoms with E-state index in [1.54, 1.807) is 27.7 Å². The van der Waals surface area contributed by atoms with Crippen molar-refractivity contribution < 1.29 is 29.0 Å².